The highest BCUT2D eigenvalue weighted by Crippen LogP contribution is 2.21. The van der Waals surface area contributed by atoms with Gasteiger partial charge in [-0.1, -0.05) is 17.7 Å². The molecule has 1 amide bonds. The van der Waals surface area contributed by atoms with E-state index in [2.05, 4.69) is 4.98 Å². The Hall–Kier alpha value is -2.45. The Labute approximate surface area is 153 Å². The molecule has 0 spiro atoms. The van der Waals surface area contributed by atoms with Crippen LogP contribution < -0.4 is 4.74 Å². The topological polar surface area (TPSA) is 79.8 Å². The van der Waals surface area contributed by atoms with Gasteiger partial charge in [0.05, 0.1) is 12.0 Å². The molecule has 26 heavy (non-hydrogen) atoms. The van der Waals surface area contributed by atoms with E-state index in [0.29, 0.717) is 18.7 Å². The molecule has 0 N–H and O–H groups in total. The van der Waals surface area contributed by atoms with Gasteiger partial charge in [0.25, 0.3) is 5.91 Å². The van der Waals surface area contributed by atoms with Gasteiger partial charge >= 0.3 is 0 Å². The van der Waals surface area contributed by atoms with E-state index < -0.39 is 10.0 Å². The summed E-state index contributed by atoms with van der Waals surface area (Å²) >= 11 is 0. The Kier molecular flexibility index (Phi) is 5.24. The number of methoxy groups -OCH3 is 1. The fourth-order valence-electron chi connectivity index (χ4n) is 2.88. The van der Waals surface area contributed by atoms with E-state index in [9.17, 15) is 13.2 Å². The van der Waals surface area contributed by atoms with Crippen molar-refractivity contribution in [3.63, 3.8) is 0 Å². The van der Waals surface area contributed by atoms with Crippen molar-refractivity contribution in [3.05, 3.63) is 53.7 Å². The van der Waals surface area contributed by atoms with Crippen molar-refractivity contribution in [2.45, 2.75) is 11.8 Å². The Balaban J connectivity index is 1.71. The molecule has 138 valence electrons. The number of aromatic nitrogens is 1. The van der Waals surface area contributed by atoms with Crippen LogP contribution in [0.4, 0.5) is 0 Å². The predicted octanol–water partition coefficient (Wildman–Crippen LogP) is 1.55. The number of amides is 1. The molecule has 0 aliphatic carbocycles. The number of ether oxygens (including phenoxy) is 1. The fraction of sp³-hybridized carbons (Fsp3) is 0.333. The average Bonchev–Trinajstić information content (AvgIpc) is 2.68. The number of nitrogens with zero attached hydrogens (tertiary/aromatic N) is 3. The molecule has 1 aliphatic heterocycles. The molecule has 0 bridgehead atoms. The van der Waals surface area contributed by atoms with Crippen molar-refractivity contribution < 1.29 is 17.9 Å². The molecular formula is C18H21N3O4S. The summed E-state index contributed by atoms with van der Waals surface area (Å²) < 4.78 is 32.0. The van der Waals surface area contributed by atoms with Gasteiger partial charge in [-0.25, -0.2) is 13.4 Å². The maximum Gasteiger partial charge on any atom is 0.259 e. The van der Waals surface area contributed by atoms with Crippen molar-refractivity contribution in [1.29, 1.82) is 0 Å². The van der Waals surface area contributed by atoms with Crippen molar-refractivity contribution in [2.24, 2.45) is 0 Å². The average molecular weight is 375 g/mol. The number of aryl methyl sites for hydroxylation is 1. The van der Waals surface area contributed by atoms with Gasteiger partial charge in [-0.2, -0.15) is 4.31 Å². The highest BCUT2D eigenvalue weighted by Gasteiger charge is 2.31. The summed E-state index contributed by atoms with van der Waals surface area (Å²) in [7, 11) is -2.08. The number of carbonyl (C=O) groups is 1. The summed E-state index contributed by atoms with van der Waals surface area (Å²) in [5, 5.41) is 0. The molecule has 8 heteroatoms. The van der Waals surface area contributed by atoms with Crippen LogP contribution in [0.25, 0.3) is 0 Å². The van der Waals surface area contributed by atoms with Crippen LogP contribution in [-0.4, -0.2) is 61.8 Å². The standard InChI is InChI=1S/C18H21N3O4S/c1-14-5-7-15(8-6-14)26(23,24)21-12-10-20(11-13-21)18(22)16-4-3-9-19-17(16)25-2/h3-9H,10-13H2,1-2H3. The van der Waals surface area contributed by atoms with Gasteiger partial charge in [-0.05, 0) is 31.2 Å². The molecule has 1 aliphatic rings. The zero-order valence-corrected chi connectivity index (χ0v) is 15.6. The van der Waals surface area contributed by atoms with Gasteiger partial charge in [0.15, 0.2) is 0 Å². The van der Waals surface area contributed by atoms with Crippen LogP contribution in [0.1, 0.15) is 15.9 Å². The van der Waals surface area contributed by atoms with Crippen molar-refractivity contribution in [1.82, 2.24) is 14.2 Å². The van der Waals surface area contributed by atoms with Crippen molar-refractivity contribution in [2.75, 3.05) is 33.3 Å². The lowest BCUT2D eigenvalue weighted by Gasteiger charge is -2.34. The van der Waals surface area contributed by atoms with E-state index >= 15 is 0 Å². The summed E-state index contributed by atoms with van der Waals surface area (Å²) in [6.07, 6.45) is 1.56. The van der Waals surface area contributed by atoms with E-state index in [1.54, 1.807) is 47.5 Å². The summed E-state index contributed by atoms with van der Waals surface area (Å²) in [5.74, 6) is 0.0644. The molecule has 0 atom stereocenters. The Bertz CT molecular complexity index is 889. The molecule has 2 heterocycles. The van der Waals surface area contributed by atoms with Gasteiger partial charge in [-0.3, -0.25) is 4.79 Å². The highest BCUT2D eigenvalue weighted by atomic mass is 32.2. The number of sulfonamides is 1. The monoisotopic (exact) mass is 375 g/mol. The number of hydrogen-bond donors (Lipinski definition) is 0. The van der Waals surface area contributed by atoms with Crippen LogP contribution in [0.3, 0.4) is 0 Å². The van der Waals surface area contributed by atoms with Crippen LogP contribution in [-0.2, 0) is 10.0 Å². The quantitative estimate of drug-likeness (QED) is 0.810. The second kappa shape index (κ2) is 7.43. The third kappa shape index (κ3) is 3.56. The lowest BCUT2D eigenvalue weighted by molar-refractivity contribution is 0.0693. The molecule has 0 radical (unpaired) electrons. The van der Waals surface area contributed by atoms with E-state index in [-0.39, 0.29) is 29.8 Å². The smallest absolute Gasteiger partial charge is 0.259 e. The maximum atomic E-state index is 12.7. The lowest BCUT2D eigenvalue weighted by atomic mass is 10.2. The summed E-state index contributed by atoms with van der Waals surface area (Å²) in [4.78, 5) is 18.6. The summed E-state index contributed by atoms with van der Waals surface area (Å²) in [6.45, 7) is 3.06. The number of pyridine rings is 1. The molecule has 1 aromatic heterocycles. The minimum absolute atomic E-state index is 0.206. The van der Waals surface area contributed by atoms with Gasteiger partial charge in [0.1, 0.15) is 5.56 Å². The first-order valence-electron chi connectivity index (χ1n) is 8.28. The van der Waals surface area contributed by atoms with Crippen molar-refractivity contribution >= 4 is 15.9 Å². The fourth-order valence-corrected chi connectivity index (χ4v) is 4.30. The summed E-state index contributed by atoms with van der Waals surface area (Å²) in [6, 6.07) is 10.1. The normalized spacial score (nSPS) is 15.7. The van der Waals surface area contributed by atoms with Gasteiger partial charge in [-0.15, -0.1) is 0 Å². The number of carbonyl (C=O) groups excluding carboxylic acids is 1. The Morgan fingerprint density at radius 2 is 1.73 bits per heavy atom. The van der Waals surface area contributed by atoms with Gasteiger partial charge in [0, 0.05) is 32.4 Å². The SMILES string of the molecule is COc1ncccc1C(=O)N1CCN(S(=O)(=O)c2ccc(C)cc2)CC1. The number of rotatable bonds is 4. The second-order valence-corrected chi connectivity index (χ2v) is 8.01. The van der Waals surface area contributed by atoms with E-state index in [1.807, 2.05) is 6.92 Å². The lowest BCUT2D eigenvalue weighted by Crippen LogP contribution is -2.50. The zero-order chi connectivity index (χ0) is 18.7. The Morgan fingerprint density at radius 1 is 1.08 bits per heavy atom. The molecule has 1 fully saturated rings. The molecule has 3 rings (SSSR count). The van der Waals surface area contributed by atoms with E-state index in [0.717, 1.165) is 5.56 Å². The van der Waals surface area contributed by atoms with Crippen LogP contribution in [0, 0.1) is 6.92 Å². The molecule has 2 aromatic rings. The predicted molar refractivity (Wildman–Crippen MR) is 96.6 cm³/mol. The molecule has 7 nitrogen and oxygen atoms in total. The van der Waals surface area contributed by atoms with E-state index in [4.69, 9.17) is 4.74 Å². The Morgan fingerprint density at radius 3 is 2.35 bits per heavy atom. The van der Waals surface area contributed by atoms with Crippen LogP contribution in [0.5, 0.6) is 5.88 Å². The molecule has 1 aromatic carbocycles. The second-order valence-electron chi connectivity index (χ2n) is 6.07. The molecule has 0 unspecified atom stereocenters. The largest absolute Gasteiger partial charge is 0.480 e. The van der Waals surface area contributed by atoms with Gasteiger partial charge in [0.2, 0.25) is 15.9 Å². The van der Waals surface area contributed by atoms with Gasteiger partial charge < -0.3 is 9.64 Å². The highest BCUT2D eigenvalue weighted by molar-refractivity contribution is 7.89. The first-order chi connectivity index (χ1) is 12.4. The third-order valence-electron chi connectivity index (χ3n) is 4.38. The van der Waals surface area contributed by atoms with Crippen LogP contribution >= 0.6 is 0 Å². The van der Waals surface area contributed by atoms with Crippen LogP contribution in [0.15, 0.2) is 47.5 Å². The number of piperazine rings is 1. The first-order valence-corrected chi connectivity index (χ1v) is 9.72. The number of hydrogen-bond acceptors (Lipinski definition) is 5. The van der Waals surface area contributed by atoms with Crippen molar-refractivity contribution in [3.8, 4) is 5.88 Å². The molecule has 0 saturated carbocycles. The minimum atomic E-state index is -3.55. The van der Waals surface area contributed by atoms with E-state index in [1.165, 1.54) is 11.4 Å². The first kappa shape index (κ1) is 18.3. The third-order valence-corrected chi connectivity index (χ3v) is 6.29. The molecule has 1 saturated heterocycles. The number of benzene rings is 1. The molecular weight excluding hydrogens is 354 g/mol. The maximum absolute atomic E-state index is 12.7. The zero-order valence-electron chi connectivity index (χ0n) is 14.8. The van der Waals surface area contributed by atoms with Crippen LogP contribution in [0.2, 0.25) is 0 Å². The minimum Gasteiger partial charge on any atom is -0.480 e. The summed E-state index contributed by atoms with van der Waals surface area (Å²) in [5.41, 5.74) is 1.38.